The number of carbonyl (C=O) groups excluding carboxylic acids is 2. The predicted molar refractivity (Wildman–Crippen MR) is 84.6 cm³/mol. The van der Waals surface area contributed by atoms with Crippen molar-refractivity contribution in [2.45, 2.75) is 31.4 Å². The first-order valence-corrected chi connectivity index (χ1v) is 8.02. The number of carbonyl (C=O) groups is 2. The van der Waals surface area contributed by atoms with E-state index in [1.54, 1.807) is 13.0 Å². The van der Waals surface area contributed by atoms with Gasteiger partial charge in [-0.3, -0.25) is 0 Å². The van der Waals surface area contributed by atoms with Crippen molar-refractivity contribution < 1.29 is 28.0 Å². The molecule has 0 bridgehead atoms. The lowest BCUT2D eigenvalue weighted by atomic mass is 9.84. The number of nitrogens with zero attached hydrogens (tertiary/aromatic N) is 1. The maximum atomic E-state index is 14.0. The molecule has 2 aromatic rings. The summed E-state index contributed by atoms with van der Waals surface area (Å²) in [6, 6.07) is 4.58. The molecule has 4 rings (SSSR count). The number of furan rings is 1. The van der Waals surface area contributed by atoms with Crippen LogP contribution in [0.1, 0.15) is 31.2 Å². The van der Waals surface area contributed by atoms with Gasteiger partial charge in [-0.2, -0.15) is 0 Å². The molecule has 0 N–H and O–H groups in total. The predicted octanol–water partition coefficient (Wildman–Crippen LogP) is 3.04. The Balaban J connectivity index is 1.70. The van der Waals surface area contributed by atoms with Gasteiger partial charge < -0.3 is 14.0 Å². The molecular weight excluding hydrogens is 329 g/mol. The van der Waals surface area contributed by atoms with Crippen LogP contribution in [0, 0.1) is 5.82 Å². The molecule has 130 valence electrons. The molecule has 1 aromatic carbocycles. The number of rotatable bonds is 1. The van der Waals surface area contributed by atoms with Gasteiger partial charge in [0, 0.05) is 36.1 Å². The topological polar surface area (TPSA) is 69.0 Å². The molecule has 2 unspecified atom stereocenters. The molecule has 2 aliphatic rings. The van der Waals surface area contributed by atoms with Gasteiger partial charge in [0.25, 0.3) is 0 Å². The molecule has 25 heavy (non-hydrogen) atoms. The van der Waals surface area contributed by atoms with E-state index in [9.17, 15) is 14.0 Å². The van der Waals surface area contributed by atoms with Gasteiger partial charge >= 0.3 is 11.9 Å². The van der Waals surface area contributed by atoms with Crippen LogP contribution in [0.4, 0.5) is 4.39 Å². The lowest BCUT2D eigenvalue weighted by Crippen LogP contribution is -2.55. The van der Waals surface area contributed by atoms with Crippen LogP contribution in [0.3, 0.4) is 0 Å². The molecule has 0 spiro atoms. The van der Waals surface area contributed by atoms with Crippen molar-refractivity contribution in [2.24, 2.45) is 0 Å². The molecule has 6 nitrogen and oxygen atoms in total. The first-order valence-electron chi connectivity index (χ1n) is 8.02. The van der Waals surface area contributed by atoms with Gasteiger partial charge in [-0.05, 0) is 37.5 Å². The minimum absolute atomic E-state index is 0.111. The molecule has 1 fully saturated rings. The third-order valence-electron chi connectivity index (χ3n) is 4.69. The molecule has 3 heterocycles. The Labute approximate surface area is 142 Å². The van der Waals surface area contributed by atoms with Crippen molar-refractivity contribution in [1.82, 2.24) is 5.06 Å². The summed E-state index contributed by atoms with van der Waals surface area (Å²) in [5.41, 5.74) is 0.212. The third kappa shape index (κ3) is 2.80. The highest BCUT2D eigenvalue weighted by Gasteiger charge is 2.45. The third-order valence-corrected chi connectivity index (χ3v) is 4.69. The Bertz CT molecular complexity index is 889. The average Bonchev–Trinajstić information content (AvgIpc) is 3.01. The van der Waals surface area contributed by atoms with E-state index in [-0.39, 0.29) is 11.7 Å². The van der Waals surface area contributed by atoms with Crippen molar-refractivity contribution >= 4 is 22.9 Å². The maximum Gasteiger partial charge on any atom is 0.350 e. The van der Waals surface area contributed by atoms with Crippen LogP contribution in [0.5, 0.6) is 0 Å². The first-order chi connectivity index (χ1) is 11.9. The second kappa shape index (κ2) is 5.70. The average molecular weight is 345 g/mol. The number of fused-ring (bicyclic) bond motifs is 2. The minimum Gasteiger partial charge on any atom is -0.464 e. The number of hydroxylamine groups is 2. The Kier molecular flexibility index (Phi) is 3.61. The Morgan fingerprint density at radius 2 is 2.04 bits per heavy atom. The first kappa shape index (κ1) is 15.8. The largest absolute Gasteiger partial charge is 0.464 e. The van der Waals surface area contributed by atoms with Crippen molar-refractivity contribution in [3.8, 4) is 0 Å². The van der Waals surface area contributed by atoms with Gasteiger partial charge in [-0.1, -0.05) is 5.06 Å². The normalized spacial score (nSPS) is 28.6. The molecule has 1 saturated heterocycles. The quantitative estimate of drug-likeness (QED) is 0.740. The summed E-state index contributed by atoms with van der Waals surface area (Å²) < 4.78 is 25.0. The van der Waals surface area contributed by atoms with Gasteiger partial charge in [0.05, 0.1) is 6.26 Å². The van der Waals surface area contributed by atoms with Crippen LogP contribution >= 0.6 is 0 Å². The Morgan fingerprint density at radius 1 is 1.24 bits per heavy atom. The van der Waals surface area contributed by atoms with Crippen molar-refractivity contribution in [3.05, 3.63) is 48.0 Å². The molecule has 0 aliphatic carbocycles. The highest BCUT2D eigenvalue weighted by molar-refractivity contribution is 5.92. The summed E-state index contributed by atoms with van der Waals surface area (Å²) in [7, 11) is 0. The minimum atomic E-state index is -1.13. The standard InChI is InChI=1S/C18H16FNO5/c1-18-10-12(14-9-13(19)8-11-5-7-23-17(11)14)4-6-20(18)25-16(22)3-2-15(21)24-18/h2-3,5,7-9,12H,4,6,10H2,1H3/b3-2+. The fourth-order valence-electron chi connectivity index (χ4n) is 3.57. The van der Waals surface area contributed by atoms with E-state index >= 15 is 0 Å². The monoisotopic (exact) mass is 345 g/mol. The molecule has 0 amide bonds. The fraction of sp³-hybridized carbons (Fsp3) is 0.333. The van der Waals surface area contributed by atoms with Gasteiger partial charge in [0.15, 0.2) is 5.72 Å². The number of piperidine rings is 1. The van der Waals surface area contributed by atoms with Crippen molar-refractivity contribution in [3.63, 3.8) is 0 Å². The van der Waals surface area contributed by atoms with Gasteiger partial charge in [0.2, 0.25) is 0 Å². The zero-order chi connectivity index (χ0) is 17.6. The van der Waals surface area contributed by atoms with Gasteiger partial charge in [-0.15, -0.1) is 0 Å². The van der Waals surface area contributed by atoms with Crippen LogP contribution in [-0.4, -0.2) is 29.3 Å². The Morgan fingerprint density at radius 3 is 2.88 bits per heavy atom. The number of halogens is 1. The number of benzene rings is 1. The summed E-state index contributed by atoms with van der Waals surface area (Å²) in [5, 5.41) is 2.07. The lowest BCUT2D eigenvalue weighted by molar-refractivity contribution is -0.289. The van der Waals surface area contributed by atoms with E-state index in [0.717, 1.165) is 17.7 Å². The van der Waals surface area contributed by atoms with E-state index in [4.69, 9.17) is 14.0 Å². The summed E-state index contributed by atoms with van der Waals surface area (Å²) in [6.07, 6.45) is 4.55. The van der Waals surface area contributed by atoms with E-state index < -0.39 is 17.7 Å². The van der Waals surface area contributed by atoms with E-state index in [1.807, 2.05) is 0 Å². The lowest BCUT2D eigenvalue weighted by Gasteiger charge is -2.44. The molecule has 2 atom stereocenters. The molecule has 7 heteroatoms. The van der Waals surface area contributed by atoms with Crippen LogP contribution in [-0.2, 0) is 19.2 Å². The number of hydrogen-bond acceptors (Lipinski definition) is 6. The molecule has 0 saturated carbocycles. The molecular formula is C18H16FNO5. The highest BCUT2D eigenvalue weighted by Crippen LogP contribution is 2.41. The summed E-state index contributed by atoms with van der Waals surface area (Å²) in [5.74, 6) is -1.70. The SMILES string of the molecule is CC12CC(c3cc(F)cc4ccoc34)CCN1OC(=O)/C=C/C(=O)O2. The Hall–Kier alpha value is -2.67. The molecule has 1 aromatic heterocycles. The van der Waals surface area contributed by atoms with Gasteiger partial charge in [0.1, 0.15) is 11.4 Å². The number of hydrogen-bond donors (Lipinski definition) is 0. The second-order valence-electron chi connectivity index (χ2n) is 6.47. The highest BCUT2D eigenvalue weighted by atomic mass is 19.1. The number of esters is 1. The smallest absolute Gasteiger partial charge is 0.350 e. The summed E-state index contributed by atoms with van der Waals surface area (Å²) in [4.78, 5) is 28.8. The fourth-order valence-corrected chi connectivity index (χ4v) is 3.57. The van der Waals surface area contributed by atoms with E-state index in [2.05, 4.69) is 0 Å². The number of ether oxygens (including phenoxy) is 1. The summed E-state index contributed by atoms with van der Waals surface area (Å²) >= 11 is 0. The second-order valence-corrected chi connectivity index (χ2v) is 6.47. The van der Waals surface area contributed by atoms with Gasteiger partial charge in [-0.25, -0.2) is 14.0 Å². The molecule has 0 radical (unpaired) electrons. The van der Waals surface area contributed by atoms with Crippen LogP contribution < -0.4 is 0 Å². The zero-order valence-corrected chi connectivity index (χ0v) is 13.5. The van der Waals surface area contributed by atoms with Crippen molar-refractivity contribution in [1.29, 1.82) is 0 Å². The van der Waals surface area contributed by atoms with Crippen LogP contribution in [0.15, 0.2) is 41.0 Å². The van der Waals surface area contributed by atoms with E-state index in [0.29, 0.717) is 30.4 Å². The van der Waals surface area contributed by atoms with Crippen LogP contribution in [0.2, 0.25) is 0 Å². The van der Waals surface area contributed by atoms with E-state index in [1.165, 1.54) is 23.5 Å². The summed E-state index contributed by atoms with van der Waals surface area (Å²) in [6.45, 7) is 2.04. The van der Waals surface area contributed by atoms with Crippen molar-refractivity contribution in [2.75, 3.05) is 6.54 Å². The zero-order valence-electron chi connectivity index (χ0n) is 13.5. The van der Waals surface area contributed by atoms with Crippen LogP contribution in [0.25, 0.3) is 11.0 Å². The maximum absolute atomic E-state index is 14.0. The molecule has 2 aliphatic heterocycles.